The molecule has 0 aliphatic rings. The van der Waals surface area contributed by atoms with Gasteiger partial charge in [-0.1, -0.05) is 24.2 Å². The molecule has 0 aliphatic carbocycles. The lowest BCUT2D eigenvalue weighted by Crippen LogP contribution is -2.32. The van der Waals surface area contributed by atoms with E-state index >= 15 is 0 Å². The fraction of sp³-hybridized carbons (Fsp3) is 0.286. The van der Waals surface area contributed by atoms with Crippen molar-refractivity contribution in [2.45, 2.75) is 26.3 Å². The molecule has 0 saturated carbocycles. The van der Waals surface area contributed by atoms with Crippen LogP contribution in [0.3, 0.4) is 0 Å². The Kier molecular flexibility index (Phi) is 3.85. The lowest BCUT2D eigenvalue weighted by Gasteiger charge is -2.08. The van der Waals surface area contributed by atoms with Gasteiger partial charge in [0.15, 0.2) is 11.5 Å². The van der Waals surface area contributed by atoms with Crippen LogP contribution < -0.4 is 5.32 Å². The molecule has 2 rings (SSSR count). The number of hydrogen-bond donors (Lipinski definition) is 2. The molecule has 1 aromatic carbocycles. The Morgan fingerprint density at radius 3 is 2.89 bits per heavy atom. The first kappa shape index (κ1) is 13.1. The largest absolute Gasteiger partial charge is 0.507 e. The molecule has 5 nitrogen and oxygen atoms in total. The molecule has 19 heavy (non-hydrogen) atoms. The van der Waals surface area contributed by atoms with Gasteiger partial charge < -0.3 is 14.9 Å². The summed E-state index contributed by atoms with van der Waals surface area (Å²) in [7, 11) is 0. The average molecular weight is 260 g/mol. The van der Waals surface area contributed by atoms with Crippen molar-refractivity contribution in [2.75, 3.05) is 0 Å². The number of benzene rings is 1. The number of carbonyl (C=O) groups is 1. The van der Waals surface area contributed by atoms with Crippen LogP contribution in [0.25, 0.3) is 11.3 Å². The minimum Gasteiger partial charge on any atom is -0.507 e. The summed E-state index contributed by atoms with van der Waals surface area (Å²) < 4.78 is 5.10. The highest BCUT2D eigenvalue weighted by Gasteiger charge is 2.16. The number of hydrogen-bond acceptors (Lipinski definition) is 4. The highest BCUT2D eigenvalue weighted by Crippen LogP contribution is 2.28. The number of rotatable bonds is 4. The molecule has 0 aliphatic heterocycles. The van der Waals surface area contributed by atoms with Crippen molar-refractivity contribution < 1.29 is 14.4 Å². The number of aromatic nitrogens is 1. The number of phenolic OH excluding ortho intramolecular Hbond substituents is 1. The third-order valence-electron chi connectivity index (χ3n) is 2.90. The summed E-state index contributed by atoms with van der Waals surface area (Å²) in [5, 5.41) is 16.2. The minimum atomic E-state index is -0.278. The molecule has 1 atom stereocenters. The van der Waals surface area contributed by atoms with Crippen LogP contribution in [0.2, 0.25) is 0 Å². The zero-order valence-electron chi connectivity index (χ0n) is 10.9. The van der Waals surface area contributed by atoms with Crippen molar-refractivity contribution in [1.29, 1.82) is 0 Å². The fourth-order valence-electron chi connectivity index (χ4n) is 1.59. The van der Waals surface area contributed by atoms with E-state index in [9.17, 15) is 9.90 Å². The van der Waals surface area contributed by atoms with Crippen molar-refractivity contribution in [2.24, 2.45) is 0 Å². The average Bonchev–Trinajstić information content (AvgIpc) is 2.88. The zero-order valence-corrected chi connectivity index (χ0v) is 10.9. The Morgan fingerprint density at radius 1 is 1.47 bits per heavy atom. The predicted molar refractivity (Wildman–Crippen MR) is 70.8 cm³/mol. The SMILES string of the molecule is CC[C@H](C)NC(=O)c1cc(-c2ccccc2O)on1. The maximum Gasteiger partial charge on any atom is 0.273 e. The molecule has 0 bridgehead atoms. The molecule has 100 valence electrons. The van der Waals surface area contributed by atoms with E-state index in [4.69, 9.17) is 4.52 Å². The smallest absolute Gasteiger partial charge is 0.273 e. The summed E-state index contributed by atoms with van der Waals surface area (Å²) in [6, 6.07) is 8.34. The standard InChI is InChI=1S/C14H16N2O3/c1-3-9(2)15-14(18)11-8-13(19-16-11)10-6-4-5-7-12(10)17/h4-9,17H,3H2,1-2H3,(H,15,18)/t9-/m0/s1. The predicted octanol–water partition coefficient (Wildman–Crippen LogP) is 2.58. The number of nitrogens with zero attached hydrogens (tertiary/aromatic N) is 1. The summed E-state index contributed by atoms with van der Waals surface area (Å²) >= 11 is 0. The number of para-hydroxylation sites is 1. The highest BCUT2D eigenvalue weighted by molar-refractivity contribution is 5.93. The van der Waals surface area contributed by atoms with Crippen LogP contribution >= 0.6 is 0 Å². The highest BCUT2D eigenvalue weighted by atomic mass is 16.5. The minimum absolute atomic E-state index is 0.0813. The van der Waals surface area contributed by atoms with E-state index in [-0.39, 0.29) is 23.4 Å². The van der Waals surface area contributed by atoms with Crippen LogP contribution in [-0.2, 0) is 0 Å². The van der Waals surface area contributed by atoms with Crippen LogP contribution in [0.5, 0.6) is 5.75 Å². The van der Waals surface area contributed by atoms with Gasteiger partial charge in [-0.15, -0.1) is 0 Å². The molecule has 2 N–H and O–H groups in total. The van der Waals surface area contributed by atoms with Gasteiger partial charge in [0.2, 0.25) is 0 Å². The summed E-state index contributed by atoms with van der Waals surface area (Å²) in [6.45, 7) is 3.91. The summed E-state index contributed by atoms with van der Waals surface area (Å²) in [6.07, 6.45) is 0.843. The van der Waals surface area contributed by atoms with Crippen LogP contribution in [-0.4, -0.2) is 22.2 Å². The van der Waals surface area contributed by atoms with E-state index in [0.717, 1.165) is 6.42 Å². The van der Waals surface area contributed by atoms with Crippen molar-refractivity contribution in [3.8, 4) is 17.1 Å². The molecular formula is C14H16N2O3. The normalized spacial score (nSPS) is 12.1. The second kappa shape index (κ2) is 5.56. The second-order valence-corrected chi connectivity index (χ2v) is 4.38. The van der Waals surface area contributed by atoms with Gasteiger partial charge in [0.25, 0.3) is 5.91 Å². The van der Waals surface area contributed by atoms with Crippen LogP contribution in [0.4, 0.5) is 0 Å². The molecule has 1 heterocycles. The van der Waals surface area contributed by atoms with E-state index in [1.807, 2.05) is 13.8 Å². The maximum atomic E-state index is 11.8. The fourth-order valence-corrected chi connectivity index (χ4v) is 1.59. The molecule has 5 heteroatoms. The third kappa shape index (κ3) is 2.93. The molecular weight excluding hydrogens is 244 g/mol. The number of nitrogens with one attached hydrogen (secondary N) is 1. The molecule has 1 aromatic heterocycles. The van der Waals surface area contributed by atoms with Gasteiger partial charge in [-0.05, 0) is 25.5 Å². The number of phenols is 1. The van der Waals surface area contributed by atoms with E-state index in [1.54, 1.807) is 24.3 Å². The van der Waals surface area contributed by atoms with Crippen molar-refractivity contribution in [1.82, 2.24) is 10.5 Å². The summed E-state index contributed by atoms with van der Waals surface area (Å²) in [5.74, 6) is 0.180. The molecule has 0 unspecified atom stereocenters. The second-order valence-electron chi connectivity index (χ2n) is 4.38. The van der Waals surface area contributed by atoms with Gasteiger partial charge in [0.05, 0.1) is 5.56 Å². The van der Waals surface area contributed by atoms with Gasteiger partial charge in [0, 0.05) is 12.1 Å². The van der Waals surface area contributed by atoms with Gasteiger partial charge in [-0.2, -0.15) is 0 Å². The van der Waals surface area contributed by atoms with Crippen LogP contribution in [0.15, 0.2) is 34.9 Å². The lowest BCUT2D eigenvalue weighted by molar-refractivity contribution is 0.0930. The Morgan fingerprint density at radius 2 is 2.21 bits per heavy atom. The number of carbonyl (C=O) groups excluding carboxylic acids is 1. The maximum absolute atomic E-state index is 11.8. The first-order valence-corrected chi connectivity index (χ1v) is 6.17. The van der Waals surface area contributed by atoms with Crippen LogP contribution in [0, 0.1) is 0 Å². The molecule has 0 radical (unpaired) electrons. The Balaban J connectivity index is 2.20. The van der Waals surface area contributed by atoms with Gasteiger partial charge >= 0.3 is 0 Å². The van der Waals surface area contributed by atoms with Crippen LogP contribution in [0.1, 0.15) is 30.8 Å². The van der Waals surface area contributed by atoms with Crippen molar-refractivity contribution in [3.05, 3.63) is 36.0 Å². The first-order valence-electron chi connectivity index (χ1n) is 6.17. The van der Waals surface area contributed by atoms with E-state index in [1.165, 1.54) is 6.07 Å². The quantitative estimate of drug-likeness (QED) is 0.885. The van der Waals surface area contributed by atoms with E-state index < -0.39 is 0 Å². The Bertz CT molecular complexity index is 578. The molecule has 1 amide bonds. The first-order chi connectivity index (χ1) is 9.11. The van der Waals surface area contributed by atoms with Crippen molar-refractivity contribution in [3.63, 3.8) is 0 Å². The molecule has 0 fully saturated rings. The third-order valence-corrected chi connectivity index (χ3v) is 2.90. The zero-order chi connectivity index (χ0) is 13.8. The van der Waals surface area contributed by atoms with Gasteiger partial charge in [-0.25, -0.2) is 0 Å². The summed E-state index contributed by atoms with van der Waals surface area (Å²) in [5.41, 5.74) is 0.719. The van der Waals surface area contributed by atoms with Crippen molar-refractivity contribution >= 4 is 5.91 Å². The van der Waals surface area contributed by atoms with E-state index in [2.05, 4.69) is 10.5 Å². The molecule has 0 saturated heterocycles. The Hall–Kier alpha value is -2.30. The van der Waals surface area contributed by atoms with E-state index in [0.29, 0.717) is 11.3 Å². The Labute approximate surface area is 111 Å². The summed E-state index contributed by atoms with van der Waals surface area (Å²) in [4.78, 5) is 11.8. The molecule has 2 aromatic rings. The number of amides is 1. The lowest BCUT2D eigenvalue weighted by atomic mass is 10.1. The van der Waals surface area contributed by atoms with Gasteiger partial charge in [0.1, 0.15) is 5.75 Å². The topological polar surface area (TPSA) is 75.4 Å². The number of aromatic hydroxyl groups is 1. The monoisotopic (exact) mass is 260 g/mol. The molecule has 0 spiro atoms. The van der Waals surface area contributed by atoms with Gasteiger partial charge in [-0.3, -0.25) is 4.79 Å².